The number of nitrogens with zero attached hydrogens (tertiary/aromatic N) is 1. The van der Waals surface area contributed by atoms with Gasteiger partial charge in [-0.15, -0.1) is 0 Å². The summed E-state index contributed by atoms with van der Waals surface area (Å²) >= 11 is 5.94. The molecule has 2 heterocycles. The van der Waals surface area contributed by atoms with Gasteiger partial charge in [0, 0.05) is 42.1 Å². The van der Waals surface area contributed by atoms with Crippen LogP contribution in [0.3, 0.4) is 0 Å². The van der Waals surface area contributed by atoms with E-state index < -0.39 is 0 Å². The SMILES string of the molecule is O=C(c1ccc(Cl)cc1)N1CCC2(C=Cc3cc(-c4ccccc4)ccc3O2)CC1. The van der Waals surface area contributed by atoms with Crippen LogP contribution in [-0.4, -0.2) is 29.5 Å². The van der Waals surface area contributed by atoms with Crippen LogP contribution in [-0.2, 0) is 0 Å². The zero-order valence-electron chi connectivity index (χ0n) is 16.6. The van der Waals surface area contributed by atoms with E-state index in [2.05, 4.69) is 54.6 Å². The zero-order chi connectivity index (χ0) is 20.6. The lowest BCUT2D eigenvalue weighted by atomic mass is 9.87. The van der Waals surface area contributed by atoms with E-state index in [1.165, 1.54) is 11.1 Å². The second kappa shape index (κ2) is 7.66. The first-order chi connectivity index (χ1) is 14.6. The molecule has 0 atom stereocenters. The van der Waals surface area contributed by atoms with Crippen LogP contribution in [0.2, 0.25) is 5.02 Å². The van der Waals surface area contributed by atoms with Gasteiger partial charge in [-0.1, -0.05) is 54.1 Å². The van der Waals surface area contributed by atoms with E-state index in [-0.39, 0.29) is 11.5 Å². The monoisotopic (exact) mass is 415 g/mol. The van der Waals surface area contributed by atoms with Gasteiger partial charge in [0.1, 0.15) is 11.4 Å². The molecule has 2 aliphatic heterocycles. The number of rotatable bonds is 2. The molecule has 3 nitrogen and oxygen atoms in total. The molecule has 1 fully saturated rings. The summed E-state index contributed by atoms with van der Waals surface area (Å²) < 4.78 is 6.46. The van der Waals surface area contributed by atoms with Crippen molar-refractivity contribution in [2.45, 2.75) is 18.4 Å². The normalized spacial score (nSPS) is 16.8. The molecule has 0 unspecified atom stereocenters. The van der Waals surface area contributed by atoms with Crippen molar-refractivity contribution < 1.29 is 9.53 Å². The molecule has 2 aliphatic rings. The molecule has 0 radical (unpaired) electrons. The van der Waals surface area contributed by atoms with Crippen molar-refractivity contribution in [3.8, 4) is 16.9 Å². The van der Waals surface area contributed by atoms with Gasteiger partial charge in [0.2, 0.25) is 0 Å². The Morgan fingerprint density at radius 3 is 2.37 bits per heavy atom. The Labute approximate surface area is 181 Å². The lowest BCUT2D eigenvalue weighted by molar-refractivity contribution is 0.0329. The van der Waals surface area contributed by atoms with E-state index in [1.807, 2.05) is 11.0 Å². The summed E-state index contributed by atoms with van der Waals surface area (Å²) in [5, 5.41) is 0.638. The molecular weight excluding hydrogens is 394 g/mol. The summed E-state index contributed by atoms with van der Waals surface area (Å²) in [6.45, 7) is 1.34. The molecule has 4 heteroatoms. The van der Waals surface area contributed by atoms with Crippen molar-refractivity contribution in [1.82, 2.24) is 4.90 Å². The number of hydrogen-bond acceptors (Lipinski definition) is 2. The summed E-state index contributed by atoms with van der Waals surface area (Å²) in [6.07, 6.45) is 5.90. The molecule has 3 aromatic carbocycles. The number of carbonyl (C=O) groups excluding carboxylic acids is 1. The van der Waals surface area contributed by atoms with Crippen LogP contribution < -0.4 is 4.74 Å². The van der Waals surface area contributed by atoms with Gasteiger partial charge in [-0.25, -0.2) is 0 Å². The van der Waals surface area contributed by atoms with Gasteiger partial charge in [0.15, 0.2) is 0 Å². The highest BCUT2D eigenvalue weighted by Gasteiger charge is 2.38. The fourth-order valence-corrected chi connectivity index (χ4v) is 4.33. The van der Waals surface area contributed by atoms with E-state index in [0.717, 1.165) is 24.2 Å². The van der Waals surface area contributed by atoms with E-state index in [9.17, 15) is 4.79 Å². The van der Waals surface area contributed by atoms with Crippen LogP contribution in [0.1, 0.15) is 28.8 Å². The Hall–Kier alpha value is -3.04. The van der Waals surface area contributed by atoms with Crippen LogP contribution in [0.5, 0.6) is 5.75 Å². The molecule has 0 N–H and O–H groups in total. The minimum absolute atomic E-state index is 0.0502. The quantitative estimate of drug-likeness (QED) is 0.507. The first-order valence-electron chi connectivity index (χ1n) is 10.2. The summed E-state index contributed by atoms with van der Waals surface area (Å²) in [6, 6.07) is 23.8. The molecule has 1 saturated heterocycles. The van der Waals surface area contributed by atoms with Gasteiger partial charge in [0.25, 0.3) is 5.91 Å². The Balaban J connectivity index is 1.29. The first kappa shape index (κ1) is 19.0. The third-order valence-electron chi connectivity index (χ3n) is 5.98. The Bertz CT molecular complexity index is 1100. The van der Waals surface area contributed by atoms with E-state index in [1.54, 1.807) is 24.3 Å². The standard InChI is InChI=1S/C26H22ClNO2/c27-23-9-6-20(7-10-23)25(29)28-16-14-26(15-17-28)13-12-22-18-21(8-11-24(22)30-26)19-4-2-1-3-5-19/h1-13,18H,14-17H2. The van der Waals surface area contributed by atoms with Crippen LogP contribution >= 0.6 is 11.6 Å². The average Bonchev–Trinajstić information content (AvgIpc) is 2.80. The number of piperidine rings is 1. The Morgan fingerprint density at radius 1 is 0.900 bits per heavy atom. The van der Waals surface area contributed by atoms with Gasteiger partial charge in [-0.3, -0.25) is 4.79 Å². The summed E-state index contributed by atoms with van der Waals surface area (Å²) in [4.78, 5) is 14.7. The van der Waals surface area contributed by atoms with Crippen LogP contribution in [0.25, 0.3) is 17.2 Å². The molecule has 0 aliphatic carbocycles. The van der Waals surface area contributed by atoms with Crippen molar-refractivity contribution >= 4 is 23.6 Å². The highest BCUT2D eigenvalue weighted by Crippen LogP contribution is 2.39. The second-order valence-electron chi connectivity index (χ2n) is 7.92. The smallest absolute Gasteiger partial charge is 0.253 e. The third-order valence-corrected chi connectivity index (χ3v) is 6.24. The van der Waals surface area contributed by atoms with Crippen molar-refractivity contribution in [2.75, 3.05) is 13.1 Å². The van der Waals surface area contributed by atoms with Gasteiger partial charge >= 0.3 is 0 Å². The minimum atomic E-state index is -0.335. The molecule has 1 amide bonds. The largest absolute Gasteiger partial charge is 0.482 e. The number of hydrogen-bond donors (Lipinski definition) is 0. The molecule has 0 saturated carbocycles. The van der Waals surface area contributed by atoms with E-state index in [0.29, 0.717) is 23.7 Å². The number of amides is 1. The van der Waals surface area contributed by atoms with E-state index in [4.69, 9.17) is 16.3 Å². The molecule has 3 aromatic rings. The van der Waals surface area contributed by atoms with Crippen molar-refractivity contribution in [3.05, 3.63) is 95.0 Å². The summed E-state index contributed by atoms with van der Waals surface area (Å²) in [5.74, 6) is 0.962. The topological polar surface area (TPSA) is 29.5 Å². The number of carbonyl (C=O) groups is 1. The highest BCUT2D eigenvalue weighted by molar-refractivity contribution is 6.30. The molecule has 5 rings (SSSR count). The molecule has 0 bridgehead atoms. The maximum absolute atomic E-state index is 12.8. The molecule has 1 spiro atoms. The van der Waals surface area contributed by atoms with Crippen LogP contribution in [0, 0.1) is 0 Å². The summed E-state index contributed by atoms with van der Waals surface area (Å²) in [5.41, 5.74) is 3.82. The van der Waals surface area contributed by atoms with Gasteiger partial charge in [0.05, 0.1) is 0 Å². The second-order valence-corrected chi connectivity index (χ2v) is 8.35. The fourth-order valence-electron chi connectivity index (χ4n) is 4.21. The van der Waals surface area contributed by atoms with Gasteiger partial charge < -0.3 is 9.64 Å². The molecule has 0 aromatic heterocycles. The number of likely N-dealkylation sites (tertiary alicyclic amines) is 1. The molecule has 30 heavy (non-hydrogen) atoms. The number of fused-ring (bicyclic) bond motifs is 1. The Kier molecular flexibility index (Phi) is 4.84. The van der Waals surface area contributed by atoms with Crippen LogP contribution in [0.4, 0.5) is 0 Å². The van der Waals surface area contributed by atoms with Gasteiger partial charge in [-0.05, 0) is 53.6 Å². The van der Waals surface area contributed by atoms with Crippen molar-refractivity contribution in [3.63, 3.8) is 0 Å². The Morgan fingerprint density at radius 2 is 1.63 bits per heavy atom. The third kappa shape index (κ3) is 3.61. The van der Waals surface area contributed by atoms with Crippen molar-refractivity contribution in [1.29, 1.82) is 0 Å². The average molecular weight is 416 g/mol. The number of benzene rings is 3. The predicted molar refractivity (Wildman–Crippen MR) is 121 cm³/mol. The minimum Gasteiger partial charge on any atom is -0.482 e. The lowest BCUT2D eigenvalue weighted by Gasteiger charge is -2.42. The fraction of sp³-hybridized carbons (Fsp3) is 0.192. The number of halogens is 1. The van der Waals surface area contributed by atoms with Crippen LogP contribution in [0.15, 0.2) is 78.9 Å². The highest BCUT2D eigenvalue weighted by atomic mass is 35.5. The van der Waals surface area contributed by atoms with E-state index >= 15 is 0 Å². The van der Waals surface area contributed by atoms with Gasteiger partial charge in [-0.2, -0.15) is 0 Å². The maximum Gasteiger partial charge on any atom is 0.253 e. The maximum atomic E-state index is 12.8. The lowest BCUT2D eigenvalue weighted by Crippen LogP contribution is -2.49. The summed E-state index contributed by atoms with van der Waals surface area (Å²) in [7, 11) is 0. The first-order valence-corrected chi connectivity index (χ1v) is 10.6. The molecule has 150 valence electrons. The number of ether oxygens (including phenoxy) is 1. The molecular formula is C26H22ClNO2. The zero-order valence-corrected chi connectivity index (χ0v) is 17.3. The predicted octanol–water partition coefficient (Wildman–Crippen LogP) is 6.09. The van der Waals surface area contributed by atoms with Crippen molar-refractivity contribution in [2.24, 2.45) is 0 Å².